The molecule has 0 rings (SSSR count). The number of carbonyl (C=O) groups excluding carboxylic acids is 1. The van der Waals surface area contributed by atoms with E-state index >= 15 is 0 Å². The zero-order valence-electron chi connectivity index (χ0n) is 6.68. The van der Waals surface area contributed by atoms with Crippen LogP contribution in [0.2, 0.25) is 0 Å². The van der Waals surface area contributed by atoms with Gasteiger partial charge in [0.05, 0.1) is 0 Å². The fraction of sp³-hybridized carbons (Fsp3) is 0.625. The van der Waals surface area contributed by atoms with Crippen molar-refractivity contribution in [3.8, 4) is 11.8 Å². The molecule has 0 unspecified atom stereocenters. The fourth-order valence-corrected chi connectivity index (χ4v) is 0.680. The number of hydrogen-bond acceptors (Lipinski definition) is 2. The molecule has 0 aromatic carbocycles. The molecule has 3 heteroatoms. The first kappa shape index (κ1) is 9.99. The Hall–Kier alpha value is -1.01. The second kappa shape index (κ2) is 7.10. The van der Waals surface area contributed by atoms with E-state index in [1.165, 1.54) is 0 Å². The van der Waals surface area contributed by atoms with Crippen molar-refractivity contribution in [2.45, 2.75) is 32.6 Å². The zero-order chi connectivity index (χ0) is 8.53. The maximum Gasteiger partial charge on any atom is 0.243 e. The number of amides is 1. The molecule has 0 radical (unpaired) electrons. The van der Waals surface area contributed by atoms with Crippen molar-refractivity contribution in [2.24, 2.45) is 0 Å². The van der Waals surface area contributed by atoms with Gasteiger partial charge in [-0.1, -0.05) is 0 Å². The molecule has 62 valence electrons. The van der Waals surface area contributed by atoms with Crippen molar-refractivity contribution in [3.63, 3.8) is 0 Å². The smallest absolute Gasteiger partial charge is 0.243 e. The van der Waals surface area contributed by atoms with E-state index in [-0.39, 0.29) is 5.91 Å². The molecule has 0 aromatic heterocycles. The third-order valence-electron chi connectivity index (χ3n) is 1.26. The van der Waals surface area contributed by atoms with Gasteiger partial charge in [-0.25, -0.2) is 5.48 Å². The summed E-state index contributed by atoms with van der Waals surface area (Å²) in [6.07, 6.45) is 2.90. The van der Waals surface area contributed by atoms with Gasteiger partial charge in [0.25, 0.3) is 0 Å². The van der Waals surface area contributed by atoms with Crippen molar-refractivity contribution in [1.29, 1.82) is 0 Å². The Labute approximate surface area is 66.8 Å². The lowest BCUT2D eigenvalue weighted by molar-refractivity contribution is -0.129. The number of carbonyl (C=O) groups is 1. The lowest BCUT2D eigenvalue weighted by Crippen LogP contribution is -2.17. The molecule has 0 atom stereocenters. The van der Waals surface area contributed by atoms with Crippen LogP contribution in [0.3, 0.4) is 0 Å². The van der Waals surface area contributed by atoms with Gasteiger partial charge >= 0.3 is 0 Å². The molecular formula is C8H13NO2. The lowest BCUT2D eigenvalue weighted by atomic mass is 10.2. The average molecular weight is 155 g/mol. The summed E-state index contributed by atoms with van der Waals surface area (Å²) in [7, 11) is 0. The molecular weight excluding hydrogens is 142 g/mol. The number of unbranched alkanes of at least 4 members (excludes halogenated alkanes) is 2. The van der Waals surface area contributed by atoms with Crippen LogP contribution in [0, 0.1) is 11.8 Å². The molecule has 0 spiro atoms. The molecule has 0 saturated heterocycles. The van der Waals surface area contributed by atoms with E-state index in [1.807, 2.05) is 0 Å². The van der Waals surface area contributed by atoms with Crippen LogP contribution in [-0.4, -0.2) is 11.1 Å². The normalized spacial score (nSPS) is 8.18. The minimum absolute atomic E-state index is 0.325. The quantitative estimate of drug-likeness (QED) is 0.276. The zero-order valence-corrected chi connectivity index (χ0v) is 6.68. The highest BCUT2D eigenvalue weighted by atomic mass is 16.5. The van der Waals surface area contributed by atoms with E-state index in [4.69, 9.17) is 5.21 Å². The van der Waals surface area contributed by atoms with Gasteiger partial charge in [0.1, 0.15) is 0 Å². The largest absolute Gasteiger partial charge is 0.289 e. The monoisotopic (exact) mass is 155 g/mol. The van der Waals surface area contributed by atoms with Crippen LogP contribution in [0.15, 0.2) is 0 Å². The number of hydroxylamine groups is 1. The van der Waals surface area contributed by atoms with Crippen molar-refractivity contribution >= 4 is 5.91 Å². The molecule has 0 aliphatic heterocycles. The van der Waals surface area contributed by atoms with E-state index < -0.39 is 0 Å². The fourth-order valence-electron chi connectivity index (χ4n) is 0.680. The molecule has 0 heterocycles. The molecule has 2 N–H and O–H groups in total. The first-order valence-electron chi connectivity index (χ1n) is 3.63. The topological polar surface area (TPSA) is 49.3 Å². The van der Waals surface area contributed by atoms with Crippen LogP contribution in [0.1, 0.15) is 32.6 Å². The molecule has 3 nitrogen and oxygen atoms in total. The summed E-state index contributed by atoms with van der Waals surface area (Å²) in [5.41, 5.74) is 1.58. The van der Waals surface area contributed by atoms with Crippen molar-refractivity contribution in [3.05, 3.63) is 0 Å². The van der Waals surface area contributed by atoms with Gasteiger partial charge in [-0.15, -0.1) is 11.8 Å². The summed E-state index contributed by atoms with van der Waals surface area (Å²) < 4.78 is 0. The minimum Gasteiger partial charge on any atom is -0.289 e. The Bertz CT molecular complexity index is 167. The van der Waals surface area contributed by atoms with Gasteiger partial charge in [0.2, 0.25) is 5.91 Å². The first-order valence-corrected chi connectivity index (χ1v) is 3.63. The summed E-state index contributed by atoms with van der Waals surface area (Å²) >= 11 is 0. The summed E-state index contributed by atoms with van der Waals surface area (Å²) in [5, 5.41) is 8.11. The van der Waals surface area contributed by atoms with Crippen molar-refractivity contribution in [2.75, 3.05) is 0 Å². The third kappa shape index (κ3) is 6.88. The van der Waals surface area contributed by atoms with Gasteiger partial charge in [-0.2, -0.15) is 0 Å². The van der Waals surface area contributed by atoms with Gasteiger partial charge in [0, 0.05) is 12.8 Å². The van der Waals surface area contributed by atoms with Gasteiger partial charge < -0.3 is 0 Å². The molecule has 0 aliphatic carbocycles. The van der Waals surface area contributed by atoms with E-state index in [9.17, 15) is 4.79 Å². The highest BCUT2D eigenvalue weighted by Crippen LogP contribution is 1.97. The Morgan fingerprint density at radius 3 is 2.82 bits per heavy atom. The first-order chi connectivity index (χ1) is 5.31. The van der Waals surface area contributed by atoms with Crippen molar-refractivity contribution in [1.82, 2.24) is 5.48 Å². The van der Waals surface area contributed by atoms with Crippen molar-refractivity contribution < 1.29 is 10.0 Å². The highest BCUT2D eigenvalue weighted by Gasteiger charge is 1.96. The third-order valence-corrected chi connectivity index (χ3v) is 1.26. The van der Waals surface area contributed by atoms with Crippen LogP contribution in [0.25, 0.3) is 0 Å². The Balaban J connectivity index is 3.12. The van der Waals surface area contributed by atoms with Crippen LogP contribution in [-0.2, 0) is 4.79 Å². The van der Waals surface area contributed by atoms with E-state index in [0.717, 1.165) is 19.3 Å². The Morgan fingerprint density at radius 2 is 2.27 bits per heavy atom. The minimum atomic E-state index is -0.325. The number of nitrogens with one attached hydrogen (secondary N) is 1. The summed E-state index contributed by atoms with van der Waals surface area (Å²) in [4.78, 5) is 10.4. The molecule has 0 saturated carbocycles. The number of rotatable bonds is 4. The standard InChI is InChI=1S/C8H13NO2/c1-2-3-4-5-6-7-8(10)9-11/h11H,4-7H2,1H3,(H,9,10). The average Bonchev–Trinajstić information content (AvgIpc) is 2.04. The molecule has 11 heavy (non-hydrogen) atoms. The molecule has 0 aliphatic rings. The second-order valence-corrected chi connectivity index (χ2v) is 2.17. The molecule has 0 fully saturated rings. The van der Waals surface area contributed by atoms with Crippen LogP contribution < -0.4 is 5.48 Å². The van der Waals surface area contributed by atoms with E-state index in [2.05, 4.69) is 11.8 Å². The maximum atomic E-state index is 10.4. The van der Waals surface area contributed by atoms with E-state index in [1.54, 1.807) is 12.4 Å². The maximum absolute atomic E-state index is 10.4. The summed E-state index contributed by atoms with van der Waals surface area (Å²) in [6, 6.07) is 0. The SMILES string of the molecule is CC#CCCCCC(=O)NO. The van der Waals surface area contributed by atoms with Gasteiger partial charge in [-0.05, 0) is 19.8 Å². The predicted molar refractivity (Wildman–Crippen MR) is 41.8 cm³/mol. The van der Waals surface area contributed by atoms with Crippen LogP contribution >= 0.6 is 0 Å². The van der Waals surface area contributed by atoms with Gasteiger partial charge in [-0.3, -0.25) is 10.0 Å². The second-order valence-electron chi connectivity index (χ2n) is 2.17. The lowest BCUT2D eigenvalue weighted by Gasteiger charge is -1.95. The molecule has 1 amide bonds. The van der Waals surface area contributed by atoms with E-state index in [0.29, 0.717) is 6.42 Å². The number of hydrogen-bond donors (Lipinski definition) is 2. The Morgan fingerprint density at radius 1 is 1.55 bits per heavy atom. The van der Waals surface area contributed by atoms with Crippen LogP contribution in [0.4, 0.5) is 0 Å². The summed E-state index contributed by atoms with van der Waals surface area (Å²) in [5.74, 6) is 5.34. The predicted octanol–water partition coefficient (Wildman–Crippen LogP) is 1.08. The van der Waals surface area contributed by atoms with Crippen LogP contribution in [0.5, 0.6) is 0 Å². The van der Waals surface area contributed by atoms with Gasteiger partial charge in [0.15, 0.2) is 0 Å². The molecule has 0 aromatic rings. The summed E-state index contributed by atoms with van der Waals surface area (Å²) in [6.45, 7) is 1.79. The Kier molecular flexibility index (Phi) is 6.45. The molecule has 0 bridgehead atoms. The highest BCUT2D eigenvalue weighted by molar-refractivity contribution is 5.74.